The summed E-state index contributed by atoms with van der Waals surface area (Å²) < 4.78 is 64.5. The Hall–Kier alpha value is -2.56. The summed E-state index contributed by atoms with van der Waals surface area (Å²) in [6.45, 7) is 5.53. The maximum atomic E-state index is 15.2. The van der Waals surface area contributed by atoms with E-state index in [9.17, 15) is 8.78 Å². The number of hydrogen-bond donors (Lipinski definition) is 0. The van der Waals surface area contributed by atoms with Gasteiger partial charge in [0.15, 0.2) is 23.2 Å². The summed E-state index contributed by atoms with van der Waals surface area (Å²) in [5, 5.41) is 0. The van der Waals surface area contributed by atoms with Crippen molar-refractivity contribution in [2.75, 3.05) is 6.61 Å². The van der Waals surface area contributed by atoms with Crippen LogP contribution >= 0.6 is 0 Å². The normalized spacial score (nSPS) is 24.4. The quantitative estimate of drug-likeness (QED) is 0.267. The summed E-state index contributed by atoms with van der Waals surface area (Å²) in [5.41, 5.74) is -0.253. The number of hydrogen-bond acceptors (Lipinski definition) is 1. The Kier molecular flexibility index (Phi) is 8.35. The van der Waals surface area contributed by atoms with Gasteiger partial charge in [0.25, 0.3) is 0 Å². The molecule has 0 saturated heterocycles. The number of ether oxygens (including phenoxy) is 1. The third-order valence-corrected chi connectivity index (χ3v) is 7.94. The first-order valence-corrected chi connectivity index (χ1v) is 12.8. The van der Waals surface area contributed by atoms with Gasteiger partial charge in [-0.05, 0) is 93.2 Å². The van der Waals surface area contributed by atoms with Crippen molar-refractivity contribution in [3.63, 3.8) is 0 Å². The topological polar surface area (TPSA) is 9.23 Å². The Morgan fingerprint density at radius 2 is 1.54 bits per heavy atom. The molecule has 188 valence electrons. The van der Waals surface area contributed by atoms with Crippen molar-refractivity contribution in [1.82, 2.24) is 0 Å². The zero-order valence-electron chi connectivity index (χ0n) is 20.3. The minimum atomic E-state index is -1.26. The minimum absolute atomic E-state index is 0.00743. The van der Waals surface area contributed by atoms with Crippen molar-refractivity contribution in [3.05, 3.63) is 77.9 Å². The average Bonchev–Trinajstić information content (AvgIpc) is 2.87. The number of allylic oxidation sites excluding steroid dienone is 2. The molecule has 0 heterocycles. The third-order valence-electron chi connectivity index (χ3n) is 7.94. The summed E-state index contributed by atoms with van der Waals surface area (Å²) in [6, 6.07) is 5.37. The van der Waals surface area contributed by atoms with Gasteiger partial charge in [-0.2, -0.15) is 4.39 Å². The lowest BCUT2D eigenvalue weighted by Gasteiger charge is -2.42. The fourth-order valence-electron chi connectivity index (χ4n) is 6.12. The highest BCUT2D eigenvalue weighted by Gasteiger charge is 2.37. The second-order valence-corrected chi connectivity index (χ2v) is 10.0. The highest BCUT2D eigenvalue weighted by atomic mass is 19.2. The molecule has 4 unspecified atom stereocenters. The van der Waals surface area contributed by atoms with E-state index in [1.165, 1.54) is 43.5 Å². The van der Waals surface area contributed by atoms with Crippen LogP contribution in [0.4, 0.5) is 17.6 Å². The molecule has 2 aromatic carbocycles. The number of benzene rings is 2. The zero-order valence-corrected chi connectivity index (χ0v) is 20.3. The van der Waals surface area contributed by atoms with Crippen LogP contribution in [-0.4, -0.2) is 6.61 Å². The molecule has 4 atom stereocenters. The molecule has 2 aliphatic rings. The van der Waals surface area contributed by atoms with Gasteiger partial charge in [0, 0.05) is 11.1 Å². The van der Waals surface area contributed by atoms with Crippen molar-refractivity contribution >= 4 is 0 Å². The van der Waals surface area contributed by atoms with Gasteiger partial charge in [0.2, 0.25) is 5.82 Å². The van der Waals surface area contributed by atoms with E-state index in [1.807, 2.05) is 0 Å². The Morgan fingerprint density at radius 1 is 0.857 bits per heavy atom. The summed E-state index contributed by atoms with van der Waals surface area (Å²) in [6.07, 6.45) is 14.4. The van der Waals surface area contributed by atoms with Crippen LogP contribution in [0.25, 0.3) is 11.1 Å². The van der Waals surface area contributed by atoms with E-state index < -0.39 is 23.3 Å². The monoisotopic (exact) mass is 486 g/mol. The van der Waals surface area contributed by atoms with Crippen LogP contribution < -0.4 is 4.74 Å². The molecule has 0 spiro atoms. The highest BCUT2D eigenvalue weighted by Crippen LogP contribution is 2.49. The molecule has 1 nitrogen and oxygen atoms in total. The van der Waals surface area contributed by atoms with Gasteiger partial charge in [0.05, 0.1) is 0 Å². The molecule has 0 aliphatic heterocycles. The summed E-state index contributed by atoms with van der Waals surface area (Å²) in [7, 11) is 0. The molecule has 0 aromatic heterocycles. The third kappa shape index (κ3) is 5.49. The first kappa shape index (κ1) is 25.5. The largest absolute Gasteiger partial charge is 0.486 e. The van der Waals surface area contributed by atoms with Gasteiger partial charge in [-0.1, -0.05) is 43.4 Å². The minimum Gasteiger partial charge on any atom is -0.486 e. The molecule has 0 amide bonds. The number of rotatable bonds is 8. The van der Waals surface area contributed by atoms with Gasteiger partial charge in [-0.15, -0.1) is 0 Å². The molecule has 4 rings (SSSR count). The Balaban J connectivity index is 1.49. The molecule has 5 heteroatoms. The second kappa shape index (κ2) is 11.5. The second-order valence-electron chi connectivity index (χ2n) is 10.0. The number of halogens is 4. The van der Waals surface area contributed by atoms with E-state index >= 15 is 8.78 Å². The van der Waals surface area contributed by atoms with E-state index in [1.54, 1.807) is 6.07 Å². The van der Waals surface area contributed by atoms with Gasteiger partial charge >= 0.3 is 0 Å². The van der Waals surface area contributed by atoms with Crippen LogP contribution in [0.1, 0.15) is 69.8 Å². The van der Waals surface area contributed by atoms with Crippen molar-refractivity contribution in [2.45, 2.75) is 64.2 Å². The van der Waals surface area contributed by atoms with E-state index in [4.69, 9.17) is 4.74 Å². The van der Waals surface area contributed by atoms with Crippen LogP contribution in [0.2, 0.25) is 0 Å². The van der Waals surface area contributed by atoms with Crippen molar-refractivity contribution in [2.24, 2.45) is 17.8 Å². The van der Waals surface area contributed by atoms with Crippen LogP contribution in [0.3, 0.4) is 0 Å². The first-order valence-electron chi connectivity index (χ1n) is 12.8. The van der Waals surface area contributed by atoms with Gasteiger partial charge in [0.1, 0.15) is 6.61 Å². The summed E-state index contributed by atoms with van der Waals surface area (Å²) in [4.78, 5) is 0. The van der Waals surface area contributed by atoms with E-state index in [0.29, 0.717) is 17.4 Å². The molecule has 2 aliphatic carbocycles. The Bertz CT molecular complexity index is 1080. The van der Waals surface area contributed by atoms with Crippen molar-refractivity contribution in [3.8, 4) is 16.9 Å². The fraction of sp³-hybridized carbons (Fsp3) is 0.467. The molecule has 0 N–H and O–H groups in total. The maximum Gasteiger partial charge on any atom is 0.201 e. The molecule has 2 aromatic rings. The first-order chi connectivity index (χ1) is 16.9. The van der Waals surface area contributed by atoms with E-state index in [0.717, 1.165) is 38.0 Å². The van der Waals surface area contributed by atoms with Gasteiger partial charge in [-0.25, -0.2) is 13.2 Å². The smallest absolute Gasteiger partial charge is 0.201 e. The maximum absolute atomic E-state index is 15.2. The molecule has 2 saturated carbocycles. The molecule has 2 fully saturated rings. The predicted octanol–water partition coefficient (Wildman–Crippen LogP) is 9.13. The molecular formula is C30H34F4O. The standard InChI is InChI=1S/C30H34F4O/c1-3-5-6-7-19-8-9-21-18-22(11-10-20(21)17-19)23-12-13-24(28(32)27(23)31)25-14-15-26(35-16-4-2)30(34)29(25)33/h3-5,12-15,19-22H,2,6-11,16-18H2,1H3/b5-3+. The van der Waals surface area contributed by atoms with Gasteiger partial charge in [-0.3, -0.25) is 0 Å². The average molecular weight is 487 g/mol. The van der Waals surface area contributed by atoms with Crippen LogP contribution in [-0.2, 0) is 0 Å². The Labute approximate surface area is 205 Å². The lowest BCUT2D eigenvalue weighted by Crippen LogP contribution is -2.30. The zero-order chi connectivity index (χ0) is 24.9. The predicted molar refractivity (Wildman–Crippen MR) is 132 cm³/mol. The Morgan fingerprint density at radius 3 is 2.29 bits per heavy atom. The lowest BCUT2D eigenvalue weighted by molar-refractivity contribution is 0.114. The van der Waals surface area contributed by atoms with Crippen LogP contribution in [0.5, 0.6) is 5.75 Å². The molecule has 35 heavy (non-hydrogen) atoms. The van der Waals surface area contributed by atoms with Crippen LogP contribution in [0.15, 0.2) is 49.1 Å². The SMILES string of the molecule is C=CCOc1ccc(-c2ccc(C3CCC4CC(CC/C=C/C)CCC4C3)c(F)c2F)c(F)c1F. The molecule has 0 bridgehead atoms. The number of fused-ring (bicyclic) bond motifs is 1. The summed E-state index contributed by atoms with van der Waals surface area (Å²) >= 11 is 0. The highest BCUT2D eigenvalue weighted by molar-refractivity contribution is 5.66. The molecule has 0 radical (unpaired) electrons. The van der Waals surface area contributed by atoms with Crippen molar-refractivity contribution < 1.29 is 22.3 Å². The van der Waals surface area contributed by atoms with Crippen LogP contribution in [0, 0.1) is 41.0 Å². The molecular weight excluding hydrogens is 452 g/mol. The summed E-state index contributed by atoms with van der Waals surface area (Å²) in [5.74, 6) is -2.93. The van der Waals surface area contributed by atoms with E-state index in [2.05, 4.69) is 25.7 Å². The fourth-order valence-corrected chi connectivity index (χ4v) is 6.12. The van der Waals surface area contributed by atoms with Gasteiger partial charge < -0.3 is 4.74 Å². The van der Waals surface area contributed by atoms with E-state index in [-0.39, 0.29) is 29.4 Å². The lowest BCUT2D eigenvalue weighted by atomic mass is 9.63. The van der Waals surface area contributed by atoms with Crippen molar-refractivity contribution in [1.29, 1.82) is 0 Å².